The van der Waals surface area contributed by atoms with Gasteiger partial charge in [-0.15, -0.1) is 0 Å². The first-order valence-corrected chi connectivity index (χ1v) is 7.08. The maximum absolute atomic E-state index is 5.62. The third-order valence-corrected chi connectivity index (χ3v) is 3.54. The number of ether oxygens (including phenoxy) is 1. The fourth-order valence-electron chi connectivity index (χ4n) is 1.82. The van der Waals surface area contributed by atoms with Crippen molar-refractivity contribution >= 4 is 28.5 Å². The summed E-state index contributed by atoms with van der Waals surface area (Å²) >= 11 is 1.47. The molecule has 102 valence electrons. The molecule has 1 aromatic carbocycles. The second kappa shape index (κ2) is 5.42. The molecule has 0 saturated heterocycles. The summed E-state index contributed by atoms with van der Waals surface area (Å²) in [5, 5.41) is 1.65. The molecule has 2 heterocycles. The quantitative estimate of drug-likeness (QED) is 0.770. The van der Waals surface area contributed by atoms with E-state index >= 15 is 0 Å². The minimum absolute atomic E-state index is 0.649. The van der Waals surface area contributed by atoms with Crippen molar-refractivity contribution < 1.29 is 4.74 Å². The second-order valence-electron chi connectivity index (χ2n) is 4.19. The number of anilines is 1. The van der Waals surface area contributed by atoms with Gasteiger partial charge in [0.2, 0.25) is 0 Å². The van der Waals surface area contributed by atoms with Crippen molar-refractivity contribution in [2.24, 2.45) is 0 Å². The van der Waals surface area contributed by atoms with Crippen molar-refractivity contribution in [3.8, 4) is 5.75 Å². The molecule has 0 saturated carbocycles. The minimum Gasteiger partial charge on any atom is -0.494 e. The van der Waals surface area contributed by atoms with Crippen LogP contribution in [0.2, 0.25) is 0 Å². The standard InChI is InChI=1S/C14H14N4OS/c1-2-19-10-4-5-11-12(7-10)18-14(17-11)20-13-6-3-9(15)8-16-13/h3-8H,2,15H2,1H3,(H,17,18). The van der Waals surface area contributed by atoms with E-state index in [1.807, 2.05) is 37.3 Å². The average molecular weight is 286 g/mol. The highest BCUT2D eigenvalue weighted by Crippen LogP contribution is 2.27. The number of nitrogens with two attached hydrogens (primary N) is 1. The number of nitrogens with one attached hydrogen (secondary N) is 1. The summed E-state index contributed by atoms with van der Waals surface area (Å²) < 4.78 is 5.47. The van der Waals surface area contributed by atoms with E-state index < -0.39 is 0 Å². The van der Waals surface area contributed by atoms with Crippen molar-refractivity contribution in [1.82, 2.24) is 15.0 Å². The fourth-order valence-corrected chi connectivity index (χ4v) is 2.57. The summed E-state index contributed by atoms with van der Waals surface area (Å²) in [5.41, 5.74) is 8.13. The molecule has 0 aliphatic carbocycles. The Hall–Kier alpha value is -2.21. The van der Waals surface area contributed by atoms with E-state index in [1.165, 1.54) is 11.8 Å². The van der Waals surface area contributed by atoms with Gasteiger partial charge in [-0.2, -0.15) is 0 Å². The Balaban J connectivity index is 1.86. The Kier molecular flexibility index (Phi) is 3.47. The van der Waals surface area contributed by atoms with Crippen LogP contribution in [0, 0.1) is 0 Å². The molecule has 0 amide bonds. The zero-order chi connectivity index (χ0) is 13.9. The number of nitrogen functional groups attached to an aromatic ring is 1. The van der Waals surface area contributed by atoms with E-state index in [1.54, 1.807) is 6.20 Å². The molecule has 2 aromatic heterocycles. The third kappa shape index (κ3) is 2.70. The first kappa shape index (κ1) is 12.8. The minimum atomic E-state index is 0.649. The van der Waals surface area contributed by atoms with Crippen LogP contribution in [0.1, 0.15) is 6.92 Å². The predicted octanol–water partition coefficient (Wildman–Crippen LogP) is 3.09. The predicted molar refractivity (Wildman–Crippen MR) is 80.0 cm³/mol. The van der Waals surface area contributed by atoms with Gasteiger partial charge in [0.15, 0.2) is 5.16 Å². The number of aromatic amines is 1. The lowest BCUT2D eigenvalue weighted by Crippen LogP contribution is -1.90. The lowest BCUT2D eigenvalue weighted by Gasteiger charge is -2.00. The van der Waals surface area contributed by atoms with E-state index in [0.717, 1.165) is 27.0 Å². The number of nitrogens with zero attached hydrogens (tertiary/aromatic N) is 2. The Morgan fingerprint density at radius 2 is 2.20 bits per heavy atom. The van der Waals surface area contributed by atoms with Crippen molar-refractivity contribution in [2.75, 3.05) is 12.3 Å². The van der Waals surface area contributed by atoms with Crippen LogP contribution in [0.25, 0.3) is 11.0 Å². The van der Waals surface area contributed by atoms with Crippen LogP contribution in [-0.2, 0) is 0 Å². The Morgan fingerprint density at radius 3 is 2.95 bits per heavy atom. The van der Waals surface area contributed by atoms with Crippen molar-refractivity contribution in [1.29, 1.82) is 0 Å². The molecule has 0 radical (unpaired) electrons. The maximum atomic E-state index is 5.62. The fraction of sp³-hybridized carbons (Fsp3) is 0.143. The summed E-state index contributed by atoms with van der Waals surface area (Å²) in [7, 11) is 0. The van der Waals surface area contributed by atoms with Gasteiger partial charge in [0, 0.05) is 6.07 Å². The highest BCUT2D eigenvalue weighted by molar-refractivity contribution is 7.99. The Labute approximate surface area is 120 Å². The molecule has 0 atom stereocenters. The zero-order valence-electron chi connectivity index (χ0n) is 11.0. The Morgan fingerprint density at radius 1 is 1.30 bits per heavy atom. The summed E-state index contributed by atoms with van der Waals surface area (Å²) in [6.07, 6.45) is 1.64. The largest absolute Gasteiger partial charge is 0.494 e. The molecule has 0 aliphatic rings. The highest BCUT2D eigenvalue weighted by atomic mass is 32.2. The number of aromatic nitrogens is 3. The first-order chi connectivity index (χ1) is 9.74. The monoisotopic (exact) mass is 286 g/mol. The number of rotatable bonds is 4. The summed E-state index contributed by atoms with van der Waals surface area (Å²) in [6.45, 7) is 2.61. The Bertz CT molecular complexity index is 724. The second-order valence-corrected chi connectivity index (χ2v) is 5.19. The third-order valence-electron chi connectivity index (χ3n) is 2.70. The molecule has 3 aromatic rings. The van der Waals surface area contributed by atoms with Crippen LogP contribution < -0.4 is 10.5 Å². The maximum Gasteiger partial charge on any atom is 0.172 e. The molecule has 5 nitrogen and oxygen atoms in total. The lowest BCUT2D eigenvalue weighted by molar-refractivity contribution is 0.340. The van der Waals surface area contributed by atoms with Crippen LogP contribution in [0.3, 0.4) is 0 Å². The molecule has 3 rings (SSSR count). The van der Waals surface area contributed by atoms with Crippen LogP contribution >= 0.6 is 11.8 Å². The molecule has 6 heteroatoms. The molecule has 0 aliphatic heterocycles. The SMILES string of the molecule is CCOc1ccc2nc(Sc3ccc(N)cn3)[nH]c2c1. The zero-order valence-corrected chi connectivity index (χ0v) is 11.8. The number of fused-ring (bicyclic) bond motifs is 1. The van der Waals surface area contributed by atoms with Gasteiger partial charge >= 0.3 is 0 Å². The van der Waals surface area contributed by atoms with Gasteiger partial charge in [0.1, 0.15) is 10.8 Å². The number of benzene rings is 1. The molecule has 20 heavy (non-hydrogen) atoms. The van der Waals surface area contributed by atoms with Crippen LogP contribution in [-0.4, -0.2) is 21.6 Å². The van der Waals surface area contributed by atoms with Crippen LogP contribution in [0.4, 0.5) is 5.69 Å². The van der Waals surface area contributed by atoms with E-state index in [9.17, 15) is 0 Å². The smallest absolute Gasteiger partial charge is 0.172 e. The molecule has 0 bridgehead atoms. The van der Waals surface area contributed by atoms with Gasteiger partial charge in [-0.3, -0.25) is 0 Å². The van der Waals surface area contributed by atoms with Crippen LogP contribution in [0.5, 0.6) is 5.75 Å². The summed E-state index contributed by atoms with van der Waals surface area (Å²) in [6, 6.07) is 9.51. The molecule has 0 fully saturated rings. The van der Waals surface area contributed by atoms with E-state index in [2.05, 4.69) is 15.0 Å². The summed E-state index contributed by atoms with van der Waals surface area (Å²) in [4.78, 5) is 12.0. The lowest BCUT2D eigenvalue weighted by atomic mass is 10.3. The molecule has 0 spiro atoms. The molecule has 0 unspecified atom stereocenters. The normalized spacial score (nSPS) is 10.8. The van der Waals surface area contributed by atoms with E-state index in [-0.39, 0.29) is 0 Å². The first-order valence-electron chi connectivity index (χ1n) is 6.26. The molecular weight excluding hydrogens is 272 g/mol. The van der Waals surface area contributed by atoms with Crippen molar-refractivity contribution in [3.05, 3.63) is 36.5 Å². The van der Waals surface area contributed by atoms with E-state index in [4.69, 9.17) is 10.5 Å². The molecule has 3 N–H and O–H groups in total. The van der Waals surface area contributed by atoms with Gasteiger partial charge in [0.05, 0.1) is 29.5 Å². The topological polar surface area (TPSA) is 76.8 Å². The average Bonchev–Trinajstić information content (AvgIpc) is 2.83. The number of imidazole rings is 1. The number of H-pyrrole nitrogens is 1. The highest BCUT2D eigenvalue weighted by Gasteiger charge is 2.06. The molecular formula is C14H14N4OS. The van der Waals surface area contributed by atoms with Crippen LogP contribution in [0.15, 0.2) is 46.7 Å². The van der Waals surface area contributed by atoms with Crippen molar-refractivity contribution in [2.45, 2.75) is 17.1 Å². The summed E-state index contributed by atoms with van der Waals surface area (Å²) in [5.74, 6) is 0.839. The van der Waals surface area contributed by atoms with Crippen molar-refractivity contribution in [3.63, 3.8) is 0 Å². The van der Waals surface area contributed by atoms with Gasteiger partial charge in [-0.1, -0.05) is 0 Å². The van der Waals surface area contributed by atoms with E-state index in [0.29, 0.717) is 12.3 Å². The number of pyridine rings is 1. The van der Waals surface area contributed by atoms with Gasteiger partial charge < -0.3 is 15.5 Å². The number of hydrogen-bond acceptors (Lipinski definition) is 5. The van der Waals surface area contributed by atoms with Gasteiger partial charge in [-0.05, 0) is 43.0 Å². The van der Waals surface area contributed by atoms with Gasteiger partial charge in [-0.25, -0.2) is 9.97 Å². The van der Waals surface area contributed by atoms with Gasteiger partial charge in [0.25, 0.3) is 0 Å². The number of hydrogen-bond donors (Lipinski definition) is 2.